The highest BCUT2D eigenvalue weighted by molar-refractivity contribution is 7.91. The van der Waals surface area contributed by atoms with Crippen LogP contribution in [0.1, 0.15) is 20.3 Å². The van der Waals surface area contributed by atoms with Crippen molar-refractivity contribution in [2.24, 2.45) is 5.41 Å². The molecule has 2 aromatic carbocycles. The fraction of sp³-hybridized carbons (Fsp3) is 0.316. The van der Waals surface area contributed by atoms with Crippen LogP contribution in [-0.4, -0.2) is 27.2 Å². The lowest BCUT2D eigenvalue weighted by Crippen LogP contribution is -2.28. The van der Waals surface area contributed by atoms with Gasteiger partial charge in [-0.15, -0.1) is 0 Å². The molecule has 2 aromatic rings. The van der Waals surface area contributed by atoms with Crippen LogP contribution in [0.25, 0.3) is 0 Å². The summed E-state index contributed by atoms with van der Waals surface area (Å²) in [7, 11) is -2.19. The van der Waals surface area contributed by atoms with Crippen molar-refractivity contribution < 1.29 is 22.7 Å². The van der Waals surface area contributed by atoms with Crippen molar-refractivity contribution in [3.8, 4) is 11.5 Å². The highest BCUT2D eigenvalue weighted by Gasteiger charge is 2.31. The number of benzene rings is 2. The largest absolute Gasteiger partial charge is 0.469 e. The first-order chi connectivity index (χ1) is 11.7. The Morgan fingerprint density at radius 3 is 2.08 bits per heavy atom. The van der Waals surface area contributed by atoms with Gasteiger partial charge in [-0.05, 0) is 56.7 Å². The van der Waals surface area contributed by atoms with Gasteiger partial charge in [0.05, 0.1) is 23.2 Å². The minimum Gasteiger partial charge on any atom is -0.469 e. The molecule has 25 heavy (non-hydrogen) atoms. The SMILES string of the molecule is COC(=O)C(C)(C)CCS(=O)(=O)c1ccc(Oc2ccccc2)cc1. The molecule has 6 heteroatoms. The summed E-state index contributed by atoms with van der Waals surface area (Å²) < 4.78 is 35.3. The molecule has 0 amide bonds. The number of hydrogen-bond acceptors (Lipinski definition) is 5. The maximum Gasteiger partial charge on any atom is 0.311 e. The van der Waals surface area contributed by atoms with Crippen LogP contribution >= 0.6 is 0 Å². The monoisotopic (exact) mass is 362 g/mol. The summed E-state index contributed by atoms with van der Waals surface area (Å²) in [6, 6.07) is 15.5. The molecule has 0 spiro atoms. The maximum atomic E-state index is 12.5. The molecular formula is C19H22O5S. The Morgan fingerprint density at radius 1 is 0.960 bits per heavy atom. The van der Waals surface area contributed by atoms with E-state index in [1.807, 2.05) is 30.3 Å². The molecule has 0 aliphatic rings. The van der Waals surface area contributed by atoms with Crippen LogP contribution in [0.3, 0.4) is 0 Å². The van der Waals surface area contributed by atoms with Crippen molar-refractivity contribution in [3.05, 3.63) is 54.6 Å². The Morgan fingerprint density at radius 2 is 1.52 bits per heavy atom. The van der Waals surface area contributed by atoms with E-state index in [-0.39, 0.29) is 17.1 Å². The van der Waals surface area contributed by atoms with E-state index in [0.717, 1.165) is 0 Å². The van der Waals surface area contributed by atoms with Crippen molar-refractivity contribution in [1.29, 1.82) is 0 Å². The third-order valence-electron chi connectivity index (χ3n) is 3.90. The molecule has 0 radical (unpaired) electrons. The van der Waals surface area contributed by atoms with E-state index < -0.39 is 21.2 Å². The zero-order valence-electron chi connectivity index (χ0n) is 14.6. The van der Waals surface area contributed by atoms with Crippen LogP contribution < -0.4 is 4.74 Å². The molecule has 5 nitrogen and oxygen atoms in total. The van der Waals surface area contributed by atoms with Gasteiger partial charge in [0.1, 0.15) is 11.5 Å². The van der Waals surface area contributed by atoms with Crippen LogP contribution in [0, 0.1) is 5.41 Å². The van der Waals surface area contributed by atoms with Crippen LogP contribution in [0.5, 0.6) is 11.5 Å². The second kappa shape index (κ2) is 7.70. The lowest BCUT2D eigenvalue weighted by Gasteiger charge is -2.21. The summed E-state index contributed by atoms with van der Waals surface area (Å²) >= 11 is 0. The predicted octanol–water partition coefficient (Wildman–Crippen LogP) is 3.84. The Balaban J connectivity index is 2.06. The fourth-order valence-electron chi connectivity index (χ4n) is 2.23. The molecule has 0 unspecified atom stereocenters. The number of carbonyl (C=O) groups is 1. The molecule has 0 saturated heterocycles. The van der Waals surface area contributed by atoms with Crippen molar-refractivity contribution in [2.45, 2.75) is 25.2 Å². The smallest absolute Gasteiger partial charge is 0.311 e. The summed E-state index contributed by atoms with van der Waals surface area (Å²) in [6.45, 7) is 3.34. The molecule has 0 aromatic heterocycles. The number of ether oxygens (including phenoxy) is 2. The van der Waals surface area contributed by atoms with Gasteiger partial charge in [0.25, 0.3) is 0 Å². The predicted molar refractivity (Wildman–Crippen MR) is 95.4 cm³/mol. The van der Waals surface area contributed by atoms with Crippen LogP contribution in [0.15, 0.2) is 59.5 Å². The number of carbonyl (C=O) groups excluding carboxylic acids is 1. The zero-order chi connectivity index (χ0) is 18.5. The van der Waals surface area contributed by atoms with Gasteiger partial charge in [-0.2, -0.15) is 0 Å². The van der Waals surface area contributed by atoms with Crippen LogP contribution in [0.2, 0.25) is 0 Å². The maximum absolute atomic E-state index is 12.5. The van der Waals surface area contributed by atoms with E-state index in [4.69, 9.17) is 9.47 Å². The number of rotatable bonds is 7. The molecule has 0 aliphatic heterocycles. The first-order valence-electron chi connectivity index (χ1n) is 7.89. The second-order valence-corrected chi connectivity index (χ2v) is 8.44. The van der Waals surface area contributed by atoms with Gasteiger partial charge in [-0.25, -0.2) is 8.42 Å². The fourth-order valence-corrected chi connectivity index (χ4v) is 3.79. The molecular weight excluding hydrogens is 340 g/mol. The van der Waals surface area contributed by atoms with Gasteiger partial charge in [-0.3, -0.25) is 4.79 Å². The van der Waals surface area contributed by atoms with E-state index >= 15 is 0 Å². The quantitative estimate of drug-likeness (QED) is 0.700. The highest BCUT2D eigenvalue weighted by Crippen LogP contribution is 2.26. The van der Waals surface area contributed by atoms with Crippen LogP contribution in [-0.2, 0) is 19.4 Å². The van der Waals surface area contributed by atoms with Crippen molar-refractivity contribution in [2.75, 3.05) is 12.9 Å². The molecule has 2 rings (SSSR count). The molecule has 0 atom stereocenters. The molecule has 0 bridgehead atoms. The van der Waals surface area contributed by atoms with E-state index in [0.29, 0.717) is 11.5 Å². The lowest BCUT2D eigenvalue weighted by molar-refractivity contribution is -0.150. The topological polar surface area (TPSA) is 69.7 Å². The summed E-state index contributed by atoms with van der Waals surface area (Å²) in [6.07, 6.45) is 0.185. The third kappa shape index (κ3) is 5.06. The third-order valence-corrected chi connectivity index (χ3v) is 5.63. The molecule has 0 saturated carbocycles. The Bertz CT molecular complexity index is 809. The number of esters is 1. The minimum atomic E-state index is -3.49. The van der Waals surface area contributed by atoms with Crippen LogP contribution in [0.4, 0.5) is 0 Å². The van der Waals surface area contributed by atoms with Crippen molar-refractivity contribution in [1.82, 2.24) is 0 Å². The van der Waals surface area contributed by atoms with Gasteiger partial charge < -0.3 is 9.47 Å². The molecule has 0 aliphatic carbocycles. The zero-order valence-corrected chi connectivity index (χ0v) is 15.4. The van der Waals surface area contributed by atoms with Gasteiger partial charge in [0.15, 0.2) is 9.84 Å². The van der Waals surface area contributed by atoms with Gasteiger partial charge >= 0.3 is 5.97 Å². The molecule has 0 fully saturated rings. The first-order valence-corrected chi connectivity index (χ1v) is 9.54. The number of para-hydroxylation sites is 1. The van der Waals surface area contributed by atoms with Gasteiger partial charge in [0.2, 0.25) is 0 Å². The van der Waals surface area contributed by atoms with Gasteiger partial charge in [-0.1, -0.05) is 18.2 Å². The number of hydrogen-bond donors (Lipinski definition) is 0. The van der Waals surface area contributed by atoms with Crippen molar-refractivity contribution >= 4 is 15.8 Å². The summed E-state index contributed by atoms with van der Waals surface area (Å²) in [5.41, 5.74) is -0.849. The lowest BCUT2D eigenvalue weighted by atomic mass is 9.91. The molecule has 0 N–H and O–H groups in total. The average Bonchev–Trinajstić information content (AvgIpc) is 2.61. The highest BCUT2D eigenvalue weighted by atomic mass is 32.2. The van der Waals surface area contributed by atoms with E-state index in [9.17, 15) is 13.2 Å². The Hall–Kier alpha value is -2.34. The Kier molecular flexibility index (Phi) is 5.85. The second-order valence-electron chi connectivity index (χ2n) is 6.33. The minimum absolute atomic E-state index is 0.131. The standard InChI is InChI=1S/C19H22O5S/c1-19(2,18(20)23-3)13-14-25(21,22)17-11-9-16(10-12-17)24-15-7-5-4-6-8-15/h4-12H,13-14H2,1-3H3. The average molecular weight is 362 g/mol. The number of sulfone groups is 1. The van der Waals surface area contributed by atoms with E-state index in [1.165, 1.54) is 19.2 Å². The van der Waals surface area contributed by atoms with E-state index in [2.05, 4.69) is 0 Å². The molecule has 0 heterocycles. The van der Waals surface area contributed by atoms with E-state index in [1.54, 1.807) is 26.0 Å². The Labute approximate surface area is 148 Å². The molecule has 134 valence electrons. The van der Waals surface area contributed by atoms with Crippen molar-refractivity contribution in [3.63, 3.8) is 0 Å². The summed E-state index contributed by atoms with van der Waals surface area (Å²) in [4.78, 5) is 11.9. The summed E-state index contributed by atoms with van der Waals surface area (Å²) in [5, 5.41) is 0. The van der Waals surface area contributed by atoms with Gasteiger partial charge in [0, 0.05) is 0 Å². The number of methoxy groups -OCH3 is 1. The first kappa shape index (κ1) is 19.0. The summed E-state index contributed by atoms with van der Waals surface area (Å²) in [5.74, 6) is 0.681. The normalized spacial score (nSPS) is 11.8.